The van der Waals surface area contributed by atoms with Gasteiger partial charge >= 0.3 is 0 Å². The normalized spacial score (nSPS) is 25.6. The van der Waals surface area contributed by atoms with Crippen molar-refractivity contribution in [3.8, 4) is 0 Å². The summed E-state index contributed by atoms with van der Waals surface area (Å²) in [7, 11) is 0. The van der Waals surface area contributed by atoms with Gasteiger partial charge in [-0.15, -0.1) is 0 Å². The quantitative estimate of drug-likeness (QED) is 0.842. The first-order valence-electron chi connectivity index (χ1n) is 8.24. The molecule has 0 N–H and O–H groups in total. The molecular weight excluding hydrogens is 276 g/mol. The van der Waals surface area contributed by atoms with Crippen molar-refractivity contribution in [3.63, 3.8) is 0 Å². The number of benzene rings is 1. The highest BCUT2D eigenvalue weighted by Gasteiger charge is 2.38. The summed E-state index contributed by atoms with van der Waals surface area (Å²) in [6.07, 6.45) is 3.70. The molecule has 0 aromatic heterocycles. The summed E-state index contributed by atoms with van der Waals surface area (Å²) in [4.78, 5) is 28.9. The predicted octanol–water partition coefficient (Wildman–Crippen LogP) is 2.75. The minimum Gasteiger partial charge on any atom is -0.340 e. The Morgan fingerprint density at radius 1 is 1.23 bits per heavy atom. The van der Waals surface area contributed by atoms with Crippen LogP contribution in [-0.4, -0.2) is 35.8 Å². The number of para-hydroxylation sites is 1. The number of hydrogen-bond acceptors (Lipinski definition) is 2. The van der Waals surface area contributed by atoms with E-state index in [4.69, 9.17) is 0 Å². The summed E-state index contributed by atoms with van der Waals surface area (Å²) in [5.41, 5.74) is 2.02. The Bertz CT molecular complexity index is 584. The van der Waals surface area contributed by atoms with E-state index in [1.807, 2.05) is 36.1 Å². The third-order valence-electron chi connectivity index (χ3n) is 4.97. The van der Waals surface area contributed by atoms with E-state index in [0.717, 1.165) is 30.6 Å². The van der Waals surface area contributed by atoms with Gasteiger partial charge in [-0.05, 0) is 44.7 Å². The molecule has 2 unspecified atom stereocenters. The molecule has 1 aromatic rings. The molecule has 0 saturated carbocycles. The minimum atomic E-state index is -0.187. The maximum Gasteiger partial charge on any atom is 0.228 e. The summed E-state index contributed by atoms with van der Waals surface area (Å²) in [5.74, 6) is 0.0432. The highest BCUT2D eigenvalue weighted by Crippen LogP contribution is 2.30. The lowest BCUT2D eigenvalue weighted by Crippen LogP contribution is -2.45. The van der Waals surface area contributed by atoms with Crippen molar-refractivity contribution in [2.45, 2.75) is 45.6 Å². The highest BCUT2D eigenvalue weighted by molar-refractivity contribution is 6.00. The first kappa shape index (κ1) is 15.1. The van der Waals surface area contributed by atoms with Crippen LogP contribution >= 0.6 is 0 Å². The summed E-state index contributed by atoms with van der Waals surface area (Å²) in [6, 6.07) is 8.19. The van der Waals surface area contributed by atoms with Crippen LogP contribution in [0.1, 0.15) is 38.2 Å². The van der Waals surface area contributed by atoms with Crippen LogP contribution in [0.4, 0.5) is 5.69 Å². The molecule has 2 fully saturated rings. The molecule has 2 heterocycles. The third-order valence-corrected chi connectivity index (χ3v) is 4.97. The number of rotatable bonds is 2. The van der Waals surface area contributed by atoms with Crippen molar-refractivity contribution >= 4 is 17.5 Å². The Hall–Kier alpha value is -1.84. The fourth-order valence-corrected chi connectivity index (χ4v) is 3.63. The van der Waals surface area contributed by atoms with Gasteiger partial charge in [0.1, 0.15) is 0 Å². The highest BCUT2D eigenvalue weighted by atomic mass is 16.2. The van der Waals surface area contributed by atoms with Gasteiger partial charge in [0.05, 0.1) is 5.92 Å². The Balaban J connectivity index is 1.74. The van der Waals surface area contributed by atoms with Crippen LogP contribution in [0, 0.1) is 12.8 Å². The van der Waals surface area contributed by atoms with Crippen LogP contribution in [0.2, 0.25) is 0 Å². The summed E-state index contributed by atoms with van der Waals surface area (Å²) >= 11 is 0. The van der Waals surface area contributed by atoms with Crippen molar-refractivity contribution < 1.29 is 9.59 Å². The van der Waals surface area contributed by atoms with E-state index in [2.05, 4.69) is 6.92 Å². The molecule has 3 rings (SSSR count). The maximum atomic E-state index is 12.8. The molecule has 0 bridgehead atoms. The first-order chi connectivity index (χ1) is 10.6. The van der Waals surface area contributed by atoms with E-state index in [9.17, 15) is 9.59 Å². The molecule has 2 aliphatic heterocycles. The number of nitrogens with zero attached hydrogens (tertiary/aromatic N) is 2. The fourth-order valence-electron chi connectivity index (χ4n) is 3.63. The number of amides is 2. The molecule has 0 radical (unpaired) electrons. The number of anilines is 1. The Labute approximate surface area is 132 Å². The lowest BCUT2D eigenvalue weighted by molar-refractivity contribution is -0.139. The van der Waals surface area contributed by atoms with Gasteiger partial charge in [0, 0.05) is 31.2 Å². The fraction of sp³-hybridized carbons (Fsp3) is 0.556. The molecule has 118 valence electrons. The van der Waals surface area contributed by atoms with Crippen molar-refractivity contribution in [2.75, 3.05) is 18.0 Å². The van der Waals surface area contributed by atoms with Gasteiger partial charge in [0.25, 0.3) is 0 Å². The van der Waals surface area contributed by atoms with Crippen LogP contribution < -0.4 is 4.90 Å². The largest absolute Gasteiger partial charge is 0.340 e. The lowest BCUT2D eigenvalue weighted by atomic mass is 9.99. The smallest absolute Gasteiger partial charge is 0.228 e. The molecule has 2 amide bonds. The molecule has 2 atom stereocenters. The molecule has 2 saturated heterocycles. The molecular formula is C18H24N2O2. The summed E-state index contributed by atoms with van der Waals surface area (Å²) < 4.78 is 0. The van der Waals surface area contributed by atoms with Crippen LogP contribution in [0.5, 0.6) is 0 Å². The average Bonchev–Trinajstić information content (AvgIpc) is 2.89. The van der Waals surface area contributed by atoms with Crippen molar-refractivity contribution in [3.05, 3.63) is 29.8 Å². The van der Waals surface area contributed by atoms with Gasteiger partial charge in [-0.2, -0.15) is 0 Å². The zero-order chi connectivity index (χ0) is 15.7. The van der Waals surface area contributed by atoms with Crippen LogP contribution in [0.25, 0.3) is 0 Å². The van der Waals surface area contributed by atoms with Gasteiger partial charge in [-0.1, -0.05) is 18.2 Å². The number of aryl methyl sites for hydroxylation is 1. The molecule has 2 aliphatic rings. The number of hydrogen-bond donors (Lipinski definition) is 0. The summed E-state index contributed by atoms with van der Waals surface area (Å²) in [5, 5.41) is 0. The maximum absolute atomic E-state index is 12.8. The van der Waals surface area contributed by atoms with Crippen molar-refractivity contribution in [1.29, 1.82) is 0 Å². The first-order valence-corrected chi connectivity index (χ1v) is 8.24. The second-order valence-electron chi connectivity index (χ2n) is 6.57. The topological polar surface area (TPSA) is 40.6 Å². The van der Waals surface area contributed by atoms with Crippen molar-refractivity contribution in [1.82, 2.24) is 4.90 Å². The predicted molar refractivity (Wildman–Crippen MR) is 86.7 cm³/mol. The van der Waals surface area contributed by atoms with Gasteiger partial charge in [0.2, 0.25) is 11.8 Å². The molecule has 1 aromatic carbocycles. The van der Waals surface area contributed by atoms with E-state index in [1.165, 1.54) is 6.42 Å². The Morgan fingerprint density at radius 2 is 2.00 bits per heavy atom. The van der Waals surface area contributed by atoms with E-state index in [-0.39, 0.29) is 17.7 Å². The minimum absolute atomic E-state index is 0.0670. The standard InChI is InChI=1S/C18H24N2O2/c1-13-7-3-4-9-16(13)20-12-15(11-17(20)21)18(22)19-10-6-5-8-14(19)2/h3-4,7,9,14-15H,5-6,8,10-12H2,1-2H3. The van der Waals surface area contributed by atoms with Crippen LogP contribution in [0.15, 0.2) is 24.3 Å². The van der Waals surface area contributed by atoms with Gasteiger partial charge in [0.15, 0.2) is 0 Å². The Morgan fingerprint density at radius 3 is 2.73 bits per heavy atom. The second kappa shape index (κ2) is 6.11. The number of carbonyl (C=O) groups excluding carboxylic acids is 2. The van der Waals surface area contributed by atoms with Crippen molar-refractivity contribution in [2.24, 2.45) is 5.92 Å². The zero-order valence-electron chi connectivity index (χ0n) is 13.4. The van der Waals surface area contributed by atoms with Gasteiger partial charge in [-0.25, -0.2) is 0 Å². The van der Waals surface area contributed by atoms with E-state index < -0.39 is 0 Å². The monoisotopic (exact) mass is 300 g/mol. The van der Waals surface area contributed by atoms with Gasteiger partial charge in [-0.3, -0.25) is 9.59 Å². The number of carbonyl (C=O) groups is 2. The van der Waals surface area contributed by atoms with E-state index in [1.54, 1.807) is 4.90 Å². The average molecular weight is 300 g/mol. The second-order valence-corrected chi connectivity index (χ2v) is 6.57. The molecule has 0 aliphatic carbocycles. The molecule has 22 heavy (non-hydrogen) atoms. The van der Waals surface area contributed by atoms with E-state index >= 15 is 0 Å². The van der Waals surface area contributed by atoms with Crippen LogP contribution in [-0.2, 0) is 9.59 Å². The summed E-state index contributed by atoms with van der Waals surface area (Å²) in [6.45, 7) is 5.48. The Kier molecular flexibility index (Phi) is 4.19. The number of likely N-dealkylation sites (tertiary alicyclic amines) is 1. The third kappa shape index (κ3) is 2.74. The van der Waals surface area contributed by atoms with Crippen LogP contribution in [0.3, 0.4) is 0 Å². The molecule has 0 spiro atoms. The van der Waals surface area contributed by atoms with Gasteiger partial charge < -0.3 is 9.80 Å². The lowest BCUT2D eigenvalue weighted by Gasteiger charge is -2.35. The molecule has 4 heteroatoms. The SMILES string of the molecule is Cc1ccccc1N1CC(C(=O)N2CCCCC2C)CC1=O. The number of piperidine rings is 1. The zero-order valence-corrected chi connectivity index (χ0v) is 13.4. The molecule has 4 nitrogen and oxygen atoms in total. The van der Waals surface area contributed by atoms with E-state index in [0.29, 0.717) is 19.0 Å².